The van der Waals surface area contributed by atoms with Crippen molar-refractivity contribution in [1.82, 2.24) is 9.97 Å². The van der Waals surface area contributed by atoms with Crippen LogP contribution < -0.4 is 5.32 Å². The lowest BCUT2D eigenvalue weighted by atomic mass is 10.4. The highest BCUT2D eigenvalue weighted by atomic mass is 35.5. The number of nitrogens with one attached hydrogen (secondary N) is 1. The van der Waals surface area contributed by atoms with Gasteiger partial charge in [-0.2, -0.15) is 0 Å². The summed E-state index contributed by atoms with van der Waals surface area (Å²) in [4.78, 5) is 7.45. The summed E-state index contributed by atoms with van der Waals surface area (Å²) in [6, 6.07) is 6.45. The molecule has 0 radical (unpaired) electrons. The highest BCUT2D eigenvalue weighted by Gasteiger charge is 1.95. The molecule has 2 aromatic heterocycles. The van der Waals surface area contributed by atoms with Gasteiger partial charge in [0.1, 0.15) is 20.6 Å². The Bertz CT molecular complexity index is 491. The normalized spacial score (nSPS) is 9.58. The van der Waals surface area contributed by atoms with Gasteiger partial charge in [0.15, 0.2) is 0 Å². The summed E-state index contributed by atoms with van der Waals surface area (Å²) in [5, 5.41) is 4.82. The maximum absolute atomic E-state index is 5.59. The topological polar surface area (TPSA) is 37.8 Å². The summed E-state index contributed by atoms with van der Waals surface area (Å²) in [5.41, 5.74) is 0.866. The van der Waals surface area contributed by atoms with Crippen molar-refractivity contribution in [3.63, 3.8) is 0 Å². The van der Waals surface area contributed by atoms with Gasteiger partial charge in [-0.15, -0.1) is 0 Å². The molecule has 0 saturated heterocycles. The molecule has 0 unspecified atom stereocenters. The Hall–Kier alpha value is -0.450. The van der Waals surface area contributed by atoms with Crippen molar-refractivity contribution in [2.24, 2.45) is 0 Å². The highest BCUT2D eigenvalue weighted by molar-refractivity contribution is 6.36. The molecule has 0 fully saturated rings. The number of pyridine rings is 2. The van der Waals surface area contributed by atoms with E-state index in [1.54, 1.807) is 19.2 Å². The predicted octanol–water partition coefficient (Wildman–Crippen LogP) is 5.47. The summed E-state index contributed by atoms with van der Waals surface area (Å²) in [6.07, 6.45) is 0. The van der Waals surface area contributed by atoms with Crippen molar-refractivity contribution < 1.29 is 0 Å². The summed E-state index contributed by atoms with van der Waals surface area (Å²) >= 11 is 27.7. The monoisotopic (exact) mass is 357 g/mol. The van der Waals surface area contributed by atoms with Crippen LogP contribution in [0.25, 0.3) is 0 Å². The van der Waals surface area contributed by atoms with Crippen LogP contribution in [0.15, 0.2) is 24.3 Å². The van der Waals surface area contributed by atoms with Gasteiger partial charge in [-0.3, -0.25) is 0 Å². The lowest BCUT2D eigenvalue weighted by molar-refractivity contribution is 1.32. The second-order valence-electron chi connectivity index (χ2n) is 3.18. The fraction of sp³-hybridized carbons (Fsp3) is 0.0909. The van der Waals surface area contributed by atoms with E-state index in [9.17, 15) is 0 Å². The smallest absolute Gasteiger partial charge is 0.132 e. The van der Waals surface area contributed by atoms with Gasteiger partial charge in [0.25, 0.3) is 0 Å². The first-order chi connectivity index (χ1) is 8.90. The molecule has 19 heavy (non-hydrogen) atoms. The number of rotatable bonds is 1. The Labute approximate surface area is 135 Å². The van der Waals surface area contributed by atoms with E-state index in [2.05, 4.69) is 15.3 Å². The van der Waals surface area contributed by atoms with Crippen LogP contribution in [-0.2, 0) is 0 Å². The Morgan fingerprint density at radius 3 is 1.42 bits per heavy atom. The SMILES string of the molecule is CNc1cc(Cl)nc(Cl)c1.Clc1cc(Cl)nc(Cl)c1. The molecule has 0 saturated carbocycles. The van der Waals surface area contributed by atoms with Crippen molar-refractivity contribution in [3.05, 3.63) is 49.9 Å². The van der Waals surface area contributed by atoms with Crippen molar-refractivity contribution in [2.45, 2.75) is 0 Å². The standard InChI is InChI=1S/C6H6Cl2N2.C5H2Cl3N/c1-9-4-2-5(7)10-6(8)3-4;6-3-1-4(7)9-5(8)2-3/h2-3H,1H3,(H,9,10);1-2H. The molecule has 0 atom stereocenters. The van der Waals surface area contributed by atoms with Gasteiger partial charge in [-0.25, -0.2) is 9.97 Å². The first-order valence-corrected chi connectivity index (χ1v) is 6.79. The van der Waals surface area contributed by atoms with Gasteiger partial charge in [0.05, 0.1) is 0 Å². The first-order valence-electron chi connectivity index (χ1n) is 4.90. The molecule has 0 spiro atoms. The molecular weight excluding hydrogens is 351 g/mol. The van der Waals surface area contributed by atoms with E-state index in [4.69, 9.17) is 58.0 Å². The van der Waals surface area contributed by atoms with E-state index < -0.39 is 0 Å². The van der Waals surface area contributed by atoms with Crippen LogP contribution in [0.2, 0.25) is 25.6 Å². The van der Waals surface area contributed by atoms with Crippen LogP contribution >= 0.6 is 58.0 Å². The van der Waals surface area contributed by atoms with Crippen LogP contribution in [0.5, 0.6) is 0 Å². The van der Waals surface area contributed by atoms with Gasteiger partial charge < -0.3 is 5.32 Å². The molecule has 0 aliphatic carbocycles. The molecule has 2 aromatic rings. The van der Waals surface area contributed by atoms with E-state index in [0.29, 0.717) is 25.6 Å². The Kier molecular flexibility index (Phi) is 6.97. The van der Waals surface area contributed by atoms with E-state index in [-0.39, 0.29) is 0 Å². The average molecular weight is 359 g/mol. The number of hydrogen-bond acceptors (Lipinski definition) is 3. The van der Waals surface area contributed by atoms with Gasteiger partial charge in [0, 0.05) is 17.8 Å². The summed E-state index contributed by atoms with van der Waals surface area (Å²) in [7, 11) is 1.79. The second kappa shape index (κ2) is 7.98. The quantitative estimate of drug-likeness (QED) is 0.686. The highest BCUT2D eigenvalue weighted by Crippen LogP contribution is 2.18. The van der Waals surface area contributed by atoms with Gasteiger partial charge in [-0.1, -0.05) is 58.0 Å². The Morgan fingerprint density at radius 2 is 1.11 bits per heavy atom. The number of hydrogen-bond donors (Lipinski definition) is 1. The third-order valence-corrected chi connectivity index (χ3v) is 2.77. The maximum Gasteiger partial charge on any atom is 0.132 e. The molecule has 0 aromatic carbocycles. The fourth-order valence-electron chi connectivity index (χ4n) is 1.05. The third-order valence-electron chi connectivity index (χ3n) is 1.78. The number of nitrogens with zero attached hydrogens (tertiary/aromatic N) is 2. The predicted molar refractivity (Wildman–Crippen MR) is 83.1 cm³/mol. The van der Waals surface area contributed by atoms with Crippen LogP contribution in [0.4, 0.5) is 5.69 Å². The van der Waals surface area contributed by atoms with Gasteiger partial charge >= 0.3 is 0 Å². The zero-order valence-corrected chi connectivity index (χ0v) is 13.4. The lowest BCUT2D eigenvalue weighted by Gasteiger charge is -1.99. The molecule has 0 amide bonds. The van der Waals surface area contributed by atoms with E-state index >= 15 is 0 Å². The number of halogens is 5. The minimum atomic E-state index is 0.313. The van der Waals surface area contributed by atoms with Crippen molar-refractivity contribution >= 4 is 63.7 Å². The minimum Gasteiger partial charge on any atom is -0.388 e. The zero-order valence-electron chi connectivity index (χ0n) is 9.59. The molecule has 2 rings (SSSR count). The molecule has 0 aliphatic rings. The number of anilines is 1. The molecule has 2 heterocycles. The van der Waals surface area contributed by atoms with E-state index in [1.165, 1.54) is 12.1 Å². The third kappa shape index (κ3) is 6.50. The van der Waals surface area contributed by atoms with Crippen LogP contribution in [0.3, 0.4) is 0 Å². The van der Waals surface area contributed by atoms with Crippen molar-refractivity contribution in [1.29, 1.82) is 0 Å². The van der Waals surface area contributed by atoms with E-state index in [1.807, 2.05) is 0 Å². The maximum atomic E-state index is 5.59. The van der Waals surface area contributed by atoms with Crippen molar-refractivity contribution in [2.75, 3.05) is 12.4 Å². The molecule has 8 heteroatoms. The Balaban J connectivity index is 0.000000191. The van der Waals surface area contributed by atoms with Crippen LogP contribution in [0.1, 0.15) is 0 Å². The molecular formula is C11H8Cl5N3. The largest absolute Gasteiger partial charge is 0.388 e. The molecule has 102 valence electrons. The Morgan fingerprint density at radius 1 is 0.737 bits per heavy atom. The lowest BCUT2D eigenvalue weighted by Crippen LogP contribution is -1.88. The van der Waals surface area contributed by atoms with E-state index in [0.717, 1.165) is 5.69 Å². The molecule has 0 bridgehead atoms. The summed E-state index contributed by atoms with van der Waals surface area (Å²) in [5.74, 6) is 0. The van der Waals surface area contributed by atoms with Crippen LogP contribution in [0, 0.1) is 0 Å². The first kappa shape index (κ1) is 16.6. The van der Waals surface area contributed by atoms with Gasteiger partial charge in [0.2, 0.25) is 0 Å². The summed E-state index contributed by atoms with van der Waals surface area (Å²) < 4.78 is 0. The van der Waals surface area contributed by atoms with Crippen molar-refractivity contribution in [3.8, 4) is 0 Å². The average Bonchev–Trinajstić information content (AvgIpc) is 2.26. The molecule has 3 nitrogen and oxygen atoms in total. The molecule has 1 N–H and O–H groups in total. The van der Waals surface area contributed by atoms with Crippen LogP contribution in [-0.4, -0.2) is 17.0 Å². The minimum absolute atomic E-state index is 0.313. The zero-order chi connectivity index (χ0) is 14.4. The second-order valence-corrected chi connectivity index (χ2v) is 5.17. The summed E-state index contributed by atoms with van der Waals surface area (Å²) in [6.45, 7) is 0. The fourth-order valence-corrected chi connectivity index (χ4v) is 2.28. The number of aromatic nitrogens is 2. The van der Waals surface area contributed by atoms with Gasteiger partial charge in [-0.05, 0) is 24.3 Å². The molecule has 0 aliphatic heterocycles.